The molecule has 55 valence electrons. The summed E-state index contributed by atoms with van der Waals surface area (Å²) in [5, 5.41) is 0. The van der Waals surface area contributed by atoms with Crippen molar-refractivity contribution in [2.75, 3.05) is 0 Å². The monoisotopic (exact) mass is 144 g/mol. The van der Waals surface area contributed by atoms with E-state index in [1.165, 1.54) is 29.7 Å². The first-order chi connectivity index (χ1) is 5.40. The minimum Gasteiger partial charge on any atom is -0.368 e. The average Bonchev–Trinajstić information content (AvgIpc) is 2.46. The maximum atomic E-state index is 3.34. The van der Waals surface area contributed by atoms with Crippen molar-refractivity contribution in [3.05, 3.63) is 23.4 Å². The average molecular weight is 144 g/mol. The van der Waals surface area contributed by atoms with E-state index >= 15 is 0 Å². The molecule has 0 spiro atoms. The van der Waals surface area contributed by atoms with E-state index in [2.05, 4.69) is 37.3 Å². The Balaban J connectivity index is 2.42. The Hall–Kier alpha value is -0.915. The molecule has 0 saturated carbocycles. The highest BCUT2D eigenvalue weighted by molar-refractivity contribution is 6.50. The summed E-state index contributed by atoms with van der Waals surface area (Å²) in [5.74, 6) is 0. The Kier molecular flexibility index (Phi) is 1.61. The van der Waals surface area contributed by atoms with Crippen LogP contribution in [0.4, 0.5) is 0 Å². The van der Waals surface area contributed by atoms with Crippen LogP contribution in [0.5, 0.6) is 0 Å². The summed E-state index contributed by atoms with van der Waals surface area (Å²) in [6.45, 7) is 2.06. The van der Waals surface area contributed by atoms with Crippen molar-refractivity contribution in [1.82, 2.24) is 4.98 Å². The topological polar surface area (TPSA) is 15.8 Å². The van der Waals surface area contributed by atoms with E-state index in [4.69, 9.17) is 0 Å². The van der Waals surface area contributed by atoms with E-state index in [9.17, 15) is 0 Å². The summed E-state index contributed by atoms with van der Waals surface area (Å²) < 4.78 is 0. The van der Waals surface area contributed by atoms with Gasteiger partial charge in [0.05, 0.1) is 0 Å². The van der Waals surface area contributed by atoms with Gasteiger partial charge in [0.25, 0.3) is 0 Å². The highest BCUT2D eigenvalue weighted by atomic mass is 14.7. The molecule has 1 aromatic heterocycles. The van der Waals surface area contributed by atoms with Crippen molar-refractivity contribution in [2.24, 2.45) is 0 Å². The van der Waals surface area contributed by atoms with Gasteiger partial charge in [-0.1, -0.05) is 12.9 Å². The smallest absolute Gasteiger partial charge is 0.171 e. The Morgan fingerprint density at radius 2 is 2.45 bits per heavy atom. The molecule has 0 saturated heterocycles. The predicted molar refractivity (Wildman–Crippen MR) is 49.4 cm³/mol. The fraction of sp³-hybridized carbons (Fsp3) is 0.333. The Bertz CT molecular complexity index is 286. The molecule has 1 radical (unpaired) electrons. The van der Waals surface area contributed by atoms with Gasteiger partial charge in [-0.2, -0.15) is 0 Å². The standard InChI is InChI=1S/C9H11BN/c1-10-9-6-7-4-2-3-5-8(7)11-9/h3,5-6,11H,2,4H2,1H3. The van der Waals surface area contributed by atoms with Crippen LogP contribution >= 0.6 is 0 Å². The van der Waals surface area contributed by atoms with Crippen LogP contribution in [0.15, 0.2) is 12.1 Å². The number of fused-ring (bicyclic) bond motifs is 1. The summed E-state index contributed by atoms with van der Waals surface area (Å²) in [6, 6.07) is 2.23. The molecule has 0 fully saturated rings. The normalized spacial score (nSPS) is 14.6. The van der Waals surface area contributed by atoms with Crippen molar-refractivity contribution in [2.45, 2.75) is 19.7 Å². The molecule has 1 aliphatic carbocycles. The molecule has 0 bridgehead atoms. The van der Waals surface area contributed by atoms with Crippen molar-refractivity contribution < 1.29 is 0 Å². The van der Waals surface area contributed by atoms with Crippen LogP contribution in [0.1, 0.15) is 17.7 Å². The second-order valence-electron chi connectivity index (χ2n) is 2.89. The molecule has 0 aliphatic heterocycles. The lowest BCUT2D eigenvalue weighted by atomic mass is 9.78. The number of allylic oxidation sites excluding steroid dienone is 1. The molecule has 0 amide bonds. The second kappa shape index (κ2) is 2.61. The second-order valence-corrected chi connectivity index (χ2v) is 2.89. The summed E-state index contributed by atoms with van der Waals surface area (Å²) >= 11 is 0. The van der Waals surface area contributed by atoms with Crippen LogP contribution in [0.25, 0.3) is 6.08 Å². The molecular formula is C9H11BN. The fourth-order valence-electron chi connectivity index (χ4n) is 1.49. The Morgan fingerprint density at radius 3 is 3.18 bits per heavy atom. The predicted octanol–water partition coefficient (Wildman–Crippen LogP) is 1.35. The van der Waals surface area contributed by atoms with Crippen LogP contribution < -0.4 is 5.59 Å². The third kappa shape index (κ3) is 1.13. The SMILES string of the molecule is C[B]c1cc2c([nH]1)C=CCC2. The Morgan fingerprint density at radius 1 is 1.55 bits per heavy atom. The number of aromatic amines is 1. The number of aromatic nitrogens is 1. The quantitative estimate of drug-likeness (QED) is 0.572. The molecule has 1 nitrogen and oxygen atoms in total. The summed E-state index contributed by atoms with van der Waals surface area (Å²) in [5.41, 5.74) is 3.99. The Labute approximate surface area is 67.8 Å². The highest BCUT2D eigenvalue weighted by Crippen LogP contribution is 2.15. The van der Waals surface area contributed by atoms with E-state index in [1.54, 1.807) is 0 Å². The van der Waals surface area contributed by atoms with Gasteiger partial charge in [0, 0.05) is 5.69 Å². The zero-order valence-electron chi connectivity index (χ0n) is 6.72. The molecule has 2 rings (SSSR count). The van der Waals surface area contributed by atoms with Crippen molar-refractivity contribution in [3.8, 4) is 0 Å². The summed E-state index contributed by atoms with van der Waals surface area (Å²) in [6.07, 6.45) is 6.77. The first-order valence-corrected chi connectivity index (χ1v) is 4.08. The lowest BCUT2D eigenvalue weighted by Crippen LogP contribution is -2.10. The highest BCUT2D eigenvalue weighted by Gasteiger charge is 2.06. The third-order valence-corrected chi connectivity index (χ3v) is 2.13. The van der Waals surface area contributed by atoms with Crippen molar-refractivity contribution in [3.63, 3.8) is 0 Å². The zero-order chi connectivity index (χ0) is 7.68. The lowest BCUT2D eigenvalue weighted by Gasteiger charge is -2.01. The van der Waals surface area contributed by atoms with Crippen LogP contribution in [-0.4, -0.2) is 12.3 Å². The third-order valence-electron chi connectivity index (χ3n) is 2.13. The number of nitrogens with one attached hydrogen (secondary N) is 1. The zero-order valence-corrected chi connectivity index (χ0v) is 6.72. The van der Waals surface area contributed by atoms with Crippen LogP contribution in [0.2, 0.25) is 6.82 Å². The molecule has 1 N–H and O–H groups in total. The minimum atomic E-state index is 1.19. The number of hydrogen-bond donors (Lipinski definition) is 1. The molecule has 0 unspecified atom stereocenters. The van der Waals surface area contributed by atoms with Crippen LogP contribution in [0.3, 0.4) is 0 Å². The molecular weight excluding hydrogens is 133 g/mol. The maximum absolute atomic E-state index is 3.34. The first-order valence-electron chi connectivity index (χ1n) is 4.08. The van der Waals surface area contributed by atoms with E-state index < -0.39 is 0 Å². The number of H-pyrrole nitrogens is 1. The van der Waals surface area contributed by atoms with Crippen LogP contribution in [0, 0.1) is 0 Å². The van der Waals surface area contributed by atoms with Crippen molar-refractivity contribution >= 4 is 18.9 Å². The molecule has 1 aliphatic rings. The molecule has 2 heteroatoms. The molecule has 0 atom stereocenters. The fourth-order valence-corrected chi connectivity index (χ4v) is 1.49. The minimum absolute atomic E-state index is 1.19. The van der Waals surface area contributed by atoms with E-state index in [0.717, 1.165) is 0 Å². The summed E-state index contributed by atoms with van der Waals surface area (Å²) in [7, 11) is 2.10. The first kappa shape index (κ1) is 6.77. The van der Waals surface area contributed by atoms with Gasteiger partial charge in [0.2, 0.25) is 0 Å². The lowest BCUT2D eigenvalue weighted by molar-refractivity contribution is 0.985. The van der Waals surface area contributed by atoms with Gasteiger partial charge >= 0.3 is 0 Å². The number of aryl methyl sites for hydroxylation is 1. The molecule has 0 aromatic carbocycles. The van der Waals surface area contributed by atoms with Crippen molar-refractivity contribution in [1.29, 1.82) is 0 Å². The van der Waals surface area contributed by atoms with Gasteiger partial charge in [0.15, 0.2) is 7.28 Å². The molecule has 1 aromatic rings. The number of hydrogen-bond acceptors (Lipinski definition) is 0. The van der Waals surface area contributed by atoms with E-state index in [1.807, 2.05) is 0 Å². The maximum Gasteiger partial charge on any atom is 0.171 e. The van der Waals surface area contributed by atoms with E-state index in [-0.39, 0.29) is 0 Å². The number of rotatable bonds is 1. The largest absolute Gasteiger partial charge is 0.368 e. The molecule has 1 heterocycles. The van der Waals surface area contributed by atoms with Gasteiger partial charge in [-0.15, -0.1) is 0 Å². The van der Waals surface area contributed by atoms with Gasteiger partial charge in [-0.05, 0) is 36.1 Å². The molecule has 11 heavy (non-hydrogen) atoms. The van der Waals surface area contributed by atoms with Gasteiger partial charge in [0.1, 0.15) is 0 Å². The van der Waals surface area contributed by atoms with Gasteiger partial charge in [-0.3, -0.25) is 0 Å². The van der Waals surface area contributed by atoms with Gasteiger partial charge < -0.3 is 4.98 Å². The summed E-state index contributed by atoms with van der Waals surface area (Å²) in [4.78, 5) is 3.34. The van der Waals surface area contributed by atoms with E-state index in [0.29, 0.717) is 0 Å². The van der Waals surface area contributed by atoms with Crippen LogP contribution in [-0.2, 0) is 6.42 Å². The van der Waals surface area contributed by atoms with Gasteiger partial charge in [-0.25, -0.2) is 0 Å².